The van der Waals surface area contributed by atoms with Gasteiger partial charge in [0.1, 0.15) is 0 Å². The molecular weight excluding hydrogens is 198 g/mol. The van der Waals surface area contributed by atoms with Gasteiger partial charge >= 0.3 is 0 Å². The quantitative estimate of drug-likeness (QED) is 0.293. The van der Waals surface area contributed by atoms with Crippen LogP contribution in [0.1, 0.15) is 19.3 Å². The first-order chi connectivity index (χ1) is 7.13. The minimum absolute atomic E-state index is 0.0261. The third kappa shape index (κ3) is 3.75. The number of nitrogens with two attached hydrogens (primary N) is 1. The maximum absolute atomic E-state index is 11.6. The summed E-state index contributed by atoms with van der Waals surface area (Å²) in [6.45, 7) is 0.879. The maximum Gasteiger partial charge on any atom is 0.225 e. The highest BCUT2D eigenvalue weighted by Crippen LogP contribution is 2.15. The Balaban J connectivity index is 2.32. The van der Waals surface area contributed by atoms with E-state index in [1.54, 1.807) is 7.05 Å². The van der Waals surface area contributed by atoms with Gasteiger partial charge in [-0.3, -0.25) is 4.79 Å². The number of rotatable bonds is 4. The molecule has 0 radical (unpaired) electrons. The molecule has 1 saturated heterocycles. The third-order valence-electron chi connectivity index (χ3n) is 2.38. The van der Waals surface area contributed by atoms with Crippen LogP contribution in [0.25, 0.3) is 0 Å². The lowest BCUT2D eigenvalue weighted by Gasteiger charge is -2.18. The summed E-state index contributed by atoms with van der Waals surface area (Å²) >= 11 is 0. The Bertz CT molecular complexity index is 249. The fraction of sp³-hybridized carbons (Fsp3) is 0.778. The molecule has 1 heterocycles. The van der Waals surface area contributed by atoms with Crippen molar-refractivity contribution in [2.75, 3.05) is 20.2 Å². The molecule has 1 fully saturated rings. The Labute approximate surface area is 88.7 Å². The number of amidine groups is 1. The van der Waals surface area contributed by atoms with Gasteiger partial charge in [-0.1, -0.05) is 5.16 Å². The van der Waals surface area contributed by atoms with Crippen molar-refractivity contribution in [3.8, 4) is 0 Å². The van der Waals surface area contributed by atoms with Crippen LogP contribution in [0.2, 0.25) is 0 Å². The maximum atomic E-state index is 11.6. The average Bonchev–Trinajstić information content (AvgIpc) is 2.70. The van der Waals surface area contributed by atoms with Crippen molar-refractivity contribution in [1.82, 2.24) is 4.90 Å². The highest BCUT2D eigenvalue weighted by Gasteiger charge is 2.21. The number of hydrogen-bond acceptors (Lipinski definition) is 4. The summed E-state index contributed by atoms with van der Waals surface area (Å²) in [5.41, 5.74) is 5.29. The zero-order valence-corrected chi connectivity index (χ0v) is 8.85. The number of nitrogens with zero attached hydrogens (tertiary/aromatic N) is 2. The predicted octanol–water partition coefficient (Wildman–Crippen LogP) is -0.240. The van der Waals surface area contributed by atoms with E-state index >= 15 is 0 Å². The fourth-order valence-electron chi connectivity index (χ4n) is 1.52. The summed E-state index contributed by atoms with van der Waals surface area (Å²) < 4.78 is 5.35. The summed E-state index contributed by atoms with van der Waals surface area (Å²) in [7, 11) is 1.62. The molecule has 3 N–H and O–H groups in total. The molecule has 0 saturated carbocycles. The van der Waals surface area contributed by atoms with E-state index in [0.29, 0.717) is 6.42 Å². The first-order valence-electron chi connectivity index (χ1n) is 4.95. The largest absolute Gasteiger partial charge is 0.409 e. The number of carbonyl (C=O) groups excluding carboxylic acids is 1. The van der Waals surface area contributed by atoms with Gasteiger partial charge in [-0.05, 0) is 12.8 Å². The van der Waals surface area contributed by atoms with Crippen molar-refractivity contribution in [2.24, 2.45) is 10.9 Å². The average molecular weight is 215 g/mol. The Kier molecular flexibility index (Phi) is 4.36. The lowest BCUT2D eigenvalue weighted by Crippen LogP contribution is -2.37. The van der Waals surface area contributed by atoms with Crippen LogP contribution in [0.4, 0.5) is 0 Å². The molecule has 0 bridgehead atoms. The van der Waals surface area contributed by atoms with Gasteiger partial charge in [0.2, 0.25) is 5.91 Å². The summed E-state index contributed by atoms with van der Waals surface area (Å²) in [5.74, 6) is -0.0216. The van der Waals surface area contributed by atoms with Crippen LogP contribution in [-0.4, -0.2) is 48.2 Å². The number of likely N-dealkylation sites (N-methyl/N-ethyl adjacent to an activating group) is 1. The summed E-state index contributed by atoms with van der Waals surface area (Å²) in [6, 6.07) is 0. The Morgan fingerprint density at radius 1 is 1.73 bits per heavy atom. The molecule has 0 aromatic carbocycles. The van der Waals surface area contributed by atoms with Crippen LogP contribution < -0.4 is 5.73 Å². The van der Waals surface area contributed by atoms with Crippen molar-refractivity contribution in [3.63, 3.8) is 0 Å². The minimum atomic E-state index is -0.0477. The smallest absolute Gasteiger partial charge is 0.225 e. The van der Waals surface area contributed by atoms with Crippen molar-refractivity contribution in [3.05, 3.63) is 0 Å². The lowest BCUT2D eigenvalue weighted by molar-refractivity contribution is -0.131. The molecule has 0 aromatic rings. The van der Waals surface area contributed by atoms with E-state index in [1.807, 2.05) is 0 Å². The van der Waals surface area contributed by atoms with E-state index < -0.39 is 0 Å². The zero-order valence-electron chi connectivity index (χ0n) is 8.85. The number of oxime groups is 1. The van der Waals surface area contributed by atoms with Gasteiger partial charge in [-0.15, -0.1) is 0 Å². The van der Waals surface area contributed by atoms with Gasteiger partial charge in [-0.2, -0.15) is 0 Å². The number of carbonyl (C=O) groups is 1. The topological polar surface area (TPSA) is 88.1 Å². The molecule has 0 spiro atoms. The van der Waals surface area contributed by atoms with Gasteiger partial charge < -0.3 is 20.6 Å². The number of ether oxygens (including phenoxy) is 1. The van der Waals surface area contributed by atoms with E-state index in [0.717, 1.165) is 19.4 Å². The fourth-order valence-corrected chi connectivity index (χ4v) is 1.52. The Morgan fingerprint density at radius 2 is 2.47 bits per heavy atom. The van der Waals surface area contributed by atoms with E-state index in [-0.39, 0.29) is 24.4 Å². The molecule has 1 aliphatic rings. The van der Waals surface area contributed by atoms with Crippen molar-refractivity contribution < 1.29 is 14.7 Å². The molecule has 1 unspecified atom stereocenters. The van der Waals surface area contributed by atoms with Gasteiger partial charge in [0.15, 0.2) is 5.84 Å². The Hall–Kier alpha value is -1.30. The van der Waals surface area contributed by atoms with Crippen LogP contribution in [0.5, 0.6) is 0 Å². The van der Waals surface area contributed by atoms with Crippen LogP contribution in [0, 0.1) is 0 Å². The zero-order chi connectivity index (χ0) is 11.3. The van der Waals surface area contributed by atoms with E-state index in [1.165, 1.54) is 4.90 Å². The monoisotopic (exact) mass is 215 g/mol. The van der Waals surface area contributed by atoms with Crippen molar-refractivity contribution >= 4 is 11.7 Å². The number of hydrogen-bond donors (Lipinski definition) is 2. The van der Waals surface area contributed by atoms with Gasteiger partial charge in [0.25, 0.3) is 0 Å². The summed E-state index contributed by atoms with van der Waals surface area (Å²) in [6.07, 6.45) is 2.35. The van der Waals surface area contributed by atoms with E-state index in [9.17, 15) is 4.79 Å². The number of amides is 1. The van der Waals surface area contributed by atoms with Crippen LogP contribution in [-0.2, 0) is 9.53 Å². The molecule has 0 aliphatic carbocycles. The predicted molar refractivity (Wildman–Crippen MR) is 54.6 cm³/mol. The van der Waals surface area contributed by atoms with Crippen LogP contribution >= 0.6 is 0 Å². The SMILES string of the molecule is CN(CC(N)=NO)C(=O)CC1CCCO1. The molecule has 6 nitrogen and oxygen atoms in total. The first-order valence-corrected chi connectivity index (χ1v) is 4.95. The molecule has 6 heteroatoms. The van der Waals surface area contributed by atoms with Crippen LogP contribution in [0.15, 0.2) is 5.16 Å². The van der Waals surface area contributed by atoms with Crippen molar-refractivity contribution in [1.29, 1.82) is 0 Å². The van der Waals surface area contributed by atoms with E-state index in [2.05, 4.69) is 5.16 Å². The molecule has 1 atom stereocenters. The first kappa shape index (κ1) is 11.8. The highest BCUT2D eigenvalue weighted by molar-refractivity contribution is 5.86. The standard InChI is InChI=1S/C9H17N3O3/c1-12(6-8(10)11-14)9(13)5-7-3-2-4-15-7/h7,14H,2-6H2,1H3,(H2,10,11). The second-order valence-electron chi connectivity index (χ2n) is 3.68. The third-order valence-corrected chi connectivity index (χ3v) is 2.38. The second-order valence-corrected chi connectivity index (χ2v) is 3.68. The minimum Gasteiger partial charge on any atom is -0.409 e. The molecular formula is C9H17N3O3. The van der Waals surface area contributed by atoms with Crippen LogP contribution in [0.3, 0.4) is 0 Å². The lowest BCUT2D eigenvalue weighted by atomic mass is 10.1. The summed E-state index contributed by atoms with van der Waals surface area (Å²) in [5, 5.41) is 11.2. The molecule has 86 valence electrons. The second kappa shape index (κ2) is 5.55. The molecule has 15 heavy (non-hydrogen) atoms. The molecule has 1 amide bonds. The summed E-state index contributed by atoms with van der Waals surface area (Å²) in [4.78, 5) is 13.0. The normalized spacial score (nSPS) is 21.7. The Morgan fingerprint density at radius 3 is 3.00 bits per heavy atom. The van der Waals surface area contributed by atoms with Gasteiger partial charge in [0.05, 0.1) is 19.1 Å². The van der Waals surface area contributed by atoms with E-state index in [4.69, 9.17) is 15.7 Å². The van der Waals surface area contributed by atoms with Gasteiger partial charge in [0, 0.05) is 13.7 Å². The van der Waals surface area contributed by atoms with Crippen molar-refractivity contribution in [2.45, 2.75) is 25.4 Å². The molecule has 1 aliphatic heterocycles. The molecule has 1 rings (SSSR count). The van der Waals surface area contributed by atoms with Gasteiger partial charge in [-0.25, -0.2) is 0 Å². The highest BCUT2D eigenvalue weighted by atomic mass is 16.5. The molecule has 0 aromatic heterocycles.